The molecule has 2 heterocycles. The van der Waals surface area contributed by atoms with Gasteiger partial charge in [0.05, 0.1) is 0 Å². The number of carbonyl (C=O) groups is 4. The van der Waals surface area contributed by atoms with Crippen molar-refractivity contribution in [3.05, 3.63) is 67.6 Å². The van der Waals surface area contributed by atoms with Crippen LogP contribution in [0.5, 0.6) is 0 Å². The molecular weight excluding hydrogens is 924 g/mol. The summed E-state index contributed by atoms with van der Waals surface area (Å²) in [4.78, 5) is 61.6. The Morgan fingerprint density at radius 3 is 1.02 bits per heavy atom. The number of nitrogens with zero attached hydrogens (tertiary/aromatic N) is 2. The molecule has 64 heavy (non-hydrogen) atoms. The predicted octanol–water partition coefficient (Wildman–Crippen LogP) is 17.1. The first kappa shape index (κ1) is 48.6. The molecule has 0 N–H and O–H groups in total. The zero-order valence-electron chi connectivity index (χ0n) is 39.3. The minimum atomic E-state index is -0.227. The maximum atomic E-state index is 14.7. The highest BCUT2D eigenvalue weighted by Gasteiger charge is 2.39. The maximum Gasteiger partial charge on any atom is 0.261 e. The van der Waals surface area contributed by atoms with Crippen LogP contribution in [0.1, 0.15) is 223 Å². The molecule has 7 rings (SSSR count). The molecule has 2 aliphatic heterocycles. The minimum absolute atomic E-state index is 0.217. The Morgan fingerprint density at radius 1 is 0.375 bits per heavy atom. The van der Waals surface area contributed by atoms with Crippen LogP contribution < -0.4 is 0 Å². The maximum absolute atomic E-state index is 14.7. The van der Waals surface area contributed by atoms with Crippen molar-refractivity contribution >= 4 is 98.6 Å². The summed E-state index contributed by atoms with van der Waals surface area (Å²) in [5, 5.41) is 6.65. The van der Waals surface area contributed by atoms with E-state index in [9.17, 15) is 19.2 Å². The van der Waals surface area contributed by atoms with Crippen molar-refractivity contribution in [2.45, 2.75) is 182 Å². The molecule has 2 atom stereocenters. The van der Waals surface area contributed by atoms with Gasteiger partial charge in [0.2, 0.25) is 0 Å². The van der Waals surface area contributed by atoms with E-state index in [2.05, 4.69) is 59.6 Å². The number of hydrogen-bond acceptors (Lipinski definition) is 4. The summed E-state index contributed by atoms with van der Waals surface area (Å²) in [5.41, 5.74) is 2.20. The lowest BCUT2D eigenvalue weighted by atomic mass is 9.82. The molecule has 2 unspecified atom stereocenters. The number of hydrogen-bond donors (Lipinski definition) is 0. The molecule has 8 heteroatoms. The van der Waals surface area contributed by atoms with Gasteiger partial charge in [0.15, 0.2) is 0 Å². The zero-order valence-corrected chi connectivity index (χ0v) is 42.5. The van der Waals surface area contributed by atoms with Crippen molar-refractivity contribution in [2.75, 3.05) is 13.1 Å². The summed E-state index contributed by atoms with van der Waals surface area (Å²) in [5.74, 6) is -0.343. The van der Waals surface area contributed by atoms with Gasteiger partial charge in [-0.2, -0.15) is 0 Å². The van der Waals surface area contributed by atoms with E-state index in [0.717, 1.165) is 92.6 Å². The number of fused-ring (bicyclic) bond motifs is 2. The summed E-state index contributed by atoms with van der Waals surface area (Å²) in [6, 6.07) is 11.7. The van der Waals surface area contributed by atoms with Gasteiger partial charge in [-0.1, -0.05) is 200 Å². The number of amides is 4. The van der Waals surface area contributed by atoms with E-state index in [1.165, 1.54) is 113 Å². The van der Waals surface area contributed by atoms with Crippen molar-refractivity contribution in [1.82, 2.24) is 9.80 Å². The fourth-order valence-electron chi connectivity index (χ4n) is 11.1. The summed E-state index contributed by atoms with van der Waals surface area (Å²) >= 11 is 7.86. The summed E-state index contributed by atoms with van der Waals surface area (Å²) in [6.45, 7) is 9.83. The highest BCUT2D eigenvalue weighted by Crippen LogP contribution is 2.50. The molecule has 0 aromatic heterocycles. The number of unbranched alkanes of at least 4 members (excludes halogenated alkanes) is 16. The van der Waals surface area contributed by atoms with Gasteiger partial charge in [0, 0.05) is 76.6 Å². The molecule has 6 nitrogen and oxygen atoms in total. The fraction of sp³-hybridized carbons (Fsp3) is 0.571. The highest BCUT2D eigenvalue weighted by atomic mass is 79.9. The summed E-state index contributed by atoms with van der Waals surface area (Å²) in [7, 11) is 0. The van der Waals surface area contributed by atoms with E-state index < -0.39 is 0 Å². The van der Waals surface area contributed by atoms with Gasteiger partial charge in [0.1, 0.15) is 0 Å². The summed E-state index contributed by atoms with van der Waals surface area (Å²) < 4.78 is 1.52. The molecule has 344 valence electrons. The second kappa shape index (κ2) is 22.9. The van der Waals surface area contributed by atoms with Crippen molar-refractivity contribution in [1.29, 1.82) is 0 Å². The van der Waals surface area contributed by atoms with Gasteiger partial charge in [-0.25, -0.2) is 0 Å². The predicted molar refractivity (Wildman–Crippen MR) is 274 cm³/mol. The molecule has 4 amide bonds. The van der Waals surface area contributed by atoms with Gasteiger partial charge >= 0.3 is 0 Å². The van der Waals surface area contributed by atoms with E-state index in [4.69, 9.17) is 0 Å². The molecule has 0 bridgehead atoms. The van der Waals surface area contributed by atoms with E-state index in [1.807, 2.05) is 36.4 Å². The third-order valence-electron chi connectivity index (χ3n) is 14.7. The highest BCUT2D eigenvalue weighted by molar-refractivity contribution is 9.11. The van der Waals surface area contributed by atoms with Crippen molar-refractivity contribution in [2.24, 2.45) is 11.8 Å². The second-order valence-electron chi connectivity index (χ2n) is 19.4. The van der Waals surface area contributed by atoms with Crippen molar-refractivity contribution < 1.29 is 19.2 Å². The van der Waals surface area contributed by atoms with E-state index in [-0.39, 0.29) is 35.5 Å². The van der Waals surface area contributed by atoms with E-state index >= 15 is 0 Å². The van der Waals surface area contributed by atoms with Gasteiger partial charge in [-0.05, 0) is 72.6 Å². The smallest absolute Gasteiger partial charge is 0.261 e. The third-order valence-corrected chi connectivity index (χ3v) is 15.9. The van der Waals surface area contributed by atoms with Gasteiger partial charge in [0.25, 0.3) is 23.6 Å². The van der Waals surface area contributed by atoms with Gasteiger partial charge in [-0.3, -0.25) is 29.0 Å². The first-order valence-electron chi connectivity index (χ1n) is 25.5. The molecule has 5 aromatic carbocycles. The van der Waals surface area contributed by atoms with Gasteiger partial charge < -0.3 is 0 Å². The largest absolute Gasteiger partial charge is 0.274 e. The molecule has 0 radical (unpaired) electrons. The number of carbonyl (C=O) groups excluding carboxylic acids is 4. The number of benzene rings is 5. The van der Waals surface area contributed by atoms with E-state index in [1.54, 1.807) is 0 Å². The molecule has 0 saturated heterocycles. The standard InChI is InChI=1S/C56H72Br2N2O4/c1-5-9-13-17-19-23-27-37(25-21-15-11-7-3)35-59-53(61)41-31-29-39-50-46(58)34-44-48-42(32-30-40(52(48)50)49-45(57)33-43(55(59)63)47(41)51(39)49)54(62)60(56(44)64)36-38(26-22-16-12-8-4)28-24-20-18-14-10-6-2/h29-34,37-38H,5-28,35-36H2,1-4H3. The topological polar surface area (TPSA) is 74.8 Å². The summed E-state index contributed by atoms with van der Waals surface area (Å²) in [6.07, 6.45) is 28.1. The van der Waals surface area contributed by atoms with Gasteiger partial charge in [-0.15, -0.1) is 0 Å². The number of halogens is 2. The molecule has 5 aromatic rings. The Hall–Kier alpha value is -3.36. The van der Waals surface area contributed by atoms with Crippen molar-refractivity contribution in [3.63, 3.8) is 0 Å². The van der Waals surface area contributed by atoms with Crippen LogP contribution in [0.25, 0.3) is 43.1 Å². The first-order chi connectivity index (χ1) is 31.2. The van der Waals surface area contributed by atoms with Crippen LogP contribution in [0.3, 0.4) is 0 Å². The van der Waals surface area contributed by atoms with Crippen LogP contribution in [-0.4, -0.2) is 46.5 Å². The Balaban J connectivity index is 1.23. The molecule has 0 fully saturated rings. The monoisotopic (exact) mass is 994 g/mol. The first-order valence-corrected chi connectivity index (χ1v) is 27.1. The molecule has 2 aliphatic rings. The lowest BCUT2D eigenvalue weighted by molar-refractivity contribution is 0.0562. The zero-order chi connectivity index (χ0) is 45.3. The van der Waals surface area contributed by atoms with Crippen LogP contribution in [0.15, 0.2) is 45.3 Å². The molecule has 0 spiro atoms. The normalized spacial score (nSPS) is 15.0. The number of rotatable bonds is 28. The average Bonchev–Trinajstić information content (AvgIpc) is 3.29. The lowest BCUT2D eigenvalue weighted by Crippen LogP contribution is -2.43. The molecular formula is C56H72Br2N2O4. The lowest BCUT2D eigenvalue weighted by Gasteiger charge is -2.33. The Bertz CT molecular complexity index is 2290. The molecule has 0 aliphatic carbocycles. The Morgan fingerprint density at radius 2 is 0.672 bits per heavy atom. The Labute approximate surface area is 399 Å². The average molecular weight is 997 g/mol. The quantitative estimate of drug-likeness (QED) is 0.0217. The van der Waals surface area contributed by atoms with Crippen LogP contribution in [0, 0.1) is 11.8 Å². The fourth-order valence-corrected chi connectivity index (χ4v) is 12.4. The van der Waals surface area contributed by atoms with Crippen LogP contribution in [0.4, 0.5) is 0 Å². The SMILES string of the molecule is CCCCCCCCC(CCCCCC)CN1C(=O)c2ccc3c4c(Br)cc5c6c(ccc(c7c(Br)cc(c2c37)C1=O)c64)C(=O)N(CC(CCCCCC)CCCCCCCC)C5=O. The minimum Gasteiger partial charge on any atom is -0.274 e. The third kappa shape index (κ3) is 10.1. The van der Waals surface area contributed by atoms with Crippen molar-refractivity contribution in [3.8, 4) is 0 Å². The van der Waals surface area contributed by atoms with Crippen LogP contribution in [-0.2, 0) is 0 Å². The van der Waals surface area contributed by atoms with Crippen LogP contribution >= 0.6 is 31.9 Å². The van der Waals surface area contributed by atoms with E-state index in [0.29, 0.717) is 46.1 Å². The van der Waals surface area contributed by atoms with Crippen LogP contribution in [0.2, 0.25) is 0 Å². The number of imide groups is 2. The Kier molecular flexibility index (Phi) is 17.4. The second-order valence-corrected chi connectivity index (χ2v) is 21.1. The molecule has 0 saturated carbocycles.